The third kappa shape index (κ3) is 4.14. The van der Waals surface area contributed by atoms with Crippen LogP contribution in [0.2, 0.25) is 5.02 Å². The summed E-state index contributed by atoms with van der Waals surface area (Å²) in [7, 11) is 0. The molecule has 0 fully saturated rings. The van der Waals surface area contributed by atoms with Gasteiger partial charge in [0.1, 0.15) is 0 Å². The second kappa shape index (κ2) is 6.03. The number of halogens is 1. The highest BCUT2D eigenvalue weighted by Gasteiger charge is 2.02. The Hall–Kier alpha value is -0.670. The van der Waals surface area contributed by atoms with Crippen LogP contribution >= 0.6 is 23.4 Å². The van der Waals surface area contributed by atoms with Gasteiger partial charge in [-0.25, -0.2) is 0 Å². The normalized spacial score (nSPS) is 10.3. The summed E-state index contributed by atoms with van der Waals surface area (Å²) in [5.41, 5.74) is 1.10. The van der Waals surface area contributed by atoms with E-state index in [0.29, 0.717) is 6.42 Å². The van der Waals surface area contributed by atoms with Crippen LogP contribution in [0, 0.1) is 0 Å². The Labute approximate surface area is 98.6 Å². The first-order chi connectivity index (χ1) is 7.13. The van der Waals surface area contributed by atoms with Gasteiger partial charge in [-0.2, -0.15) is 0 Å². The summed E-state index contributed by atoms with van der Waals surface area (Å²) in [5.74, 6) is -0.748. The monoisotopic (exact) mass is 244 g/mol. The smallest absolute Gasteiger partial charge is 0.303 e. The number of carboxylic acid groups (broad SMARTS) is 1. The summed E-state index contributed by atoms with van der Waals surface area (Å²) in [5, 5.41) is 9.24. The van der Waals surface area contributed by atoms with Crippen molar-refractivity contribution in [3.8, 4) is 0 Å². The van der Waals surface area contributed by atoms with Crippen LogP contribution in [0.15, 0.2) is 23.1 Å². The van der Waals surface area contributed by atoms with E-state index in [1.807, 2.05) is 24.5 Å². The van der Waals surface area contributed by atoms with Crippen LogP contribution < -0.4 is 0 Å². The summed E-state index contributed by atoms with van der Waals surface area (Å²) in [4.78, 5) is 11.4. The minimum atomic E-state index is -0.748. The number of hydrogen-bond donors (Lipinski definition) is 1. The van der Waals surface area contributed by atoms with Crippen molar-refractivity contribution >= 4 is 29.3 Å². The third-order valence-electron chi connectivity index (χ3n) is 2.07. The van der Waals surface area contributed by atoms with Crippen molar-refractivity contribution in [1.29, 1.82) is 0 Å². The van der Waals surface area contributed by atoms with E-state index in [9.17, 15) is 4.79 Å². The molecule has 1 aromatic carbocycles. The molecular weight excluding hydrogens is 232 g/mol. The zero-order valence-electron chi connectivity index (χ0n) is 8.50. The molecule has 15 heavy (non-hydrogen) atoms. The summed E-state index contributed by atoms with van der Waals surface area (Å²) in [6.45, 7) is 0. The molecule has 0 bridgehead atoms. The lowest BCUT2D eigenvalue weighted by atomic mass is 10.1. The van der Waals surface area contributed by atoms with Crippen LogP contribution in [0.5, 0.6) is 0 Å². The van der Waals surface area contributed by atoms with E-state index in [4.69, 9.17) is 16.7 Å². The van der Waals surface area contributed by atoms with Crippen LogP contribution in [0.4, 0.5) is 0 Å². The van der Waals surface area contributed by atoms with Gasteiger partial charge in [-0.1, -0.05) is 17.7 Å². The molecule has 4 heteroatoms. The van der Waals surface area contributed by atoms with Gasteiger partial charge in [0.2, 0.25) is 0 Å². The zero-order valence-corrected chi connectivity index (χ0v) is 10.1. The number of thioether (sulfide) groups is 1. The largest absolute Gasteiger partial charge is 0.481 e. The fourth-order valence-corrected chi connectivity index (χ4v) is 2.20. The van der Waals surface area contributed by atoms with Gasteiger partial charge >= 0.3 is 5.97 Å². The lowest BCUT2D eigenvalue weighted by Gasteiger charge is -2.04. The molecule has 2 nitrogen and oxygen atoms in total. The Balaban J connectivity index is 2.55. The molecular formula is C11H13ClO2S. The summed E-state index contributed by atoms with van der Waals surface area (Å²) >= 11 is 7.64. The van der Waals surface area contributed by atoms with E-state index in [2.05, 4.69) is 0 Å². The molecule has 1 aromatic rings. The molecule has 0 unspecified atom stereocenters. The average Bonchev–Trinajstić information content (AvgIpc) is 2.17. The highest BCUT2D eigenvalue weighted by molar-refractivity contribution is 7.98. The van der Waals surface area contributed by atoms with E-state index < -0.39 is 5.97 Å². The molecule has 1 rings (SSSR count). The highest BCUT2D eigenvalue weighted by Crippen LogP contribution is 2.26. The van der Waals surface area contributed by atoms with E-state index in [0.717, 1.165) is 21.9 Å². The SMILES string of the molecule is CSc1ccc(CCCC(=O)O)cc1Cl. The van der Waals surface area contributed by atoms with Gasteiger partial charge in [-0.05, 0) is 36.8 Å². The van der Waals surface area contributed by atoms with Gasteiger partial charge in [0.15, 0.2) is 0 Å². The Kier molecular flexibility index (Phi) is 4.99. The second-order valence-electron chi connectivity index (χ2n) is 3.22. The maximum Gasteiger partial charge on any atom is 0.303 e. The summed E-state index contributed by atoms with van der Waals surface area (Å²) in [6, 6.07) is 5.89. The van der Waals surface area contributed by atoms with Crippen molar-refractivity contribution in [3.05, 3.63) is 28.8 Å². The molecule has 0 amide bonds. The molecule has 0 radical (unpaired) electrons. The topological polar surface area (TPSA) is 37.3 Å². The molecule has 0 saturated heterocycles. The molecule has 0 aliphatic heterocycles. The summed E-state index contributed by atoms with van der Waals surface area (Å²) in [6.07, 6.45) is 3.61. The lowest BCUT2D eigenvalue weighted by Crippen LogP contribution is -1.95. The number of aryl methyl sites for hydroxylation is 1. The molecule has 0 spiro atoms. The maximum absolute atomic E-state index is 10.3. The molecule has 1 N–H and O–H groups in total. The van der Waals surface area contributed by atoms with Crippen molar-refractivity contribution in [2.24, 2.45) is 0 Å². The Morgan fingerprint density at radius 2 is 2.27 bits per heavy atom. The number of rotatable bonds is 5. The van der Waals surface area contributed by atoms with E-state index >= 15 is 0 Å². The number of hydrogen-bond acceptors (Lipinski definition) is 2. The predicted molar refractivity (Wildman–Crippen MR) is 63.8 cm³/mol. The quantitative estimate of drug-likeness (QED) is 0.806. The van der Waals surface area contributed by atoms with Crippen molar-refractivity contribution in [1.82, 2.24) is 0 Å². The third-order valence-corrected chi connectivity index (χ3v) is 3.29. The van der Waals surface area contributed by atoms with Crippen molar-refractivity contribution in [2.75, 3.05) is 6.26 Å². The average molecular weight is 245 g/mol. The molecule has 0 heterocycles. The van der Waals surface area contributed by atoms with Crippen LogP contribution in [-0.2, 0) is 11.2 Å². The number of aliphatic carboxylic acids is 1. The second-order valence-corrected chi connectivity index (χ2v) is 4.47. The number of carboxylic acids is 1. The summed E-state index contributed by atoms with van der Waals surface area (Å²) < 4.78 is 0. The van der Waals surface area contributed by atoms with Gasteiger partial charge in [-0.3, -0.25) is 4.79 Å². The van der Waals surface area contributed by atoms with Gasteiger partial charge < -0.3 is 5.11 Å². The van der Waals surface area contributed by atoms with Crippen molar-refractivity contribution in [3.63, 3.8) is 0 Å². The van der Waals surface area contributed by atoms with Gasteiger partial charge in [0, 0.05) is 11.3 Å². The highest BCUT2D eigenvalue weighted by atomic mass is 35.5. The molecule has 0 saturated carbocycles. The fraction of sp³-hybridized carbons (Fsp3) is 0.364. The first-order valence-electron chi connectivity index (χ1n) is 4.67. The van der Waals surface area contributed by atoms with Crippen molar-refractivity contribution in [2.45, 2.75) is 24.2 Å². The van der Waals surface area contributed by atoms with Crippen LogP contribution in [0.1, 0.15) is 18.4 Å². The van der Waals surface area contributed by atoms with E-state index in [1.54, 1.807) is 11.8 Å². The standard InChI is InChI=1S/C11H13ClO2S/c1-15-10-6-5-8(7-9(10)12)3-2-4-11(13)14/h5-7H,2-4H2,1H3,(H,13,14). The first-order valence-corrected chi connectivity index (χ1v) is 6.28. The molecule has 82 valence electrons. The minimum Gasteiger partial charge on any atom is -0.481 e. The van der Waals surface area contributed by atoms with E-state index in [-0.39, 0.29) is 6.42 Å². The fourth-order valence-electron chi connectivity index (χ4n) is 1.31. The van der Waals surface area contributed by atoms with Crippen LogP contribution in [-0.4, -0.2) is 17.3 Å². The molecule has 0 aliphatic carbocycles. The zero-order chi connectivity index (χ0) is 11.3. The lowest BCUT2D eigenvalue weighted by molar-refractivity contribution is -0.137. The minimum absolute atomic E-state index is 0.210. The predicted octanol–water partition coefficient (Wildman–Crippen LogP) is 3.47. The van der Waals surface area contributed by atoms with Gasteiger partial charge in [0.05, 0.1) is 5.02 Å². The Morgan fingerprint density at radius 3 is 2.80 bits per heavy atom. The van der Waals surface area contributed by atoms with Gasteiger partial charge in [-0.15, -0.1) is 11.8 Å². The number of carbonyl (C=O) groups is 1. The van der Waals surface area contributed by atoms with Gasteiger partial charge in [0.25, 0.3) is 0 Å². The van der Waals surface area contributed by atoms with Crippen LogP contribution in [0.3, 0.4) is 0 Å². The van der Waals surface area contributed by atoms with Crippen LogP contribution in [0.25, 0.3) is 0 Å². The number of benzene rings is 1. The molecule has 0 atom stereocenters. The Bertz CT molecular complexity index is 352. The molecule has 0 aromatic heterocycles. The van der Waals surface area contributed by atoms with E-state index in [1.165, 1.54) is 0 Å². The molecule has 0 aliphatic rings. The Morgan fingerprint density at radius 1 is 1.53 bits per heavy atom. The van der Waals surface area contributed by atoms with Crippen molar-refractivity contribution < 1.29 is 9.90 Å². The maximum atomic E-state index is 10.3. The first kappa shape index (κ1) is 12.4.